The molecule has 136 valence electrons. The summed E-state index contributed by atoms with van der Waals surface area (Å²) in [5.41, 5.74) is 4.00. The molecule has 1 aromatic carbocycles. The van der Waals surface area contributed by atoms with Gasteiger partial charge in [-0.25, -0.2) is 0 Å². The number of hydrogen-bond acceptors (Lipinski definition) is 3. The first-order valence-corrected chi connectivity index (χ1v) is 9.87. The number of carbonyl (C=O) groups excluding carboxylic acids is 1. The average Bonchev–Trinajstić information content (AvgIpc) is 3.21. The van der Waals surface area contributed by atoms with Gasteiger partial charge in [0.1, 0.15) is 0 Å². The zero-order chi connectivity index (χ0) is 17.4. The summed E-state index contributed by atoms with van der Waals surface area (Å²) < 4.78 is 5.50. The topological polar surface area (TPSA) is 41.6 Å². The highest BCUT2D eigenvalue weighted by molar-refractivity contribution is 5.82. The van der Waals surface area contributed by atoms with Crippen LogP contribution in [0.1, 0.15) is 55.3 Å². The first-order valence-electron chi connectivity index (χ1n) is 9.87. The van der Waals surface area contributed by atoms with E-state index < -0.39 is 0 Å². The Hall–Kier alpha value is -1.39. The largest absolute Gasteiger partial charge is 0.381 e. The van der Waals surface area contributed by atoms with Crippen LogP contribution >= 0.6 is 0 Å². The Morgan fingerprint density at radius 1 is 1.24 bits per heavy atom. The van der Waals surface area contributed by atoms with Gasteiger partial charge >= 0.3 is 0 Å². The van der Waals surface area contributed by atoms with E-state index in [0.29, 0.717) is 12.0 Å². The Morgan fingerprint density at radius 3 is 2.84 bits per heavy atom. The molecule has 0 saturated carbocycles. The Labute approximate surface area is 150 Å². The van der Waals surface area contributed by atoms with Crippen LogP contribution in [0.4, 0.5) is 0 Å². The van der Waals surface area contributed by atoms with Gasteiger partial charge in [0.2, 0.25) is 5.91 Å². The van der Waals surface area contributed by atoms with Crippen molar-refractivity contribution in [2.24, 2.45) is 5.92 Å². The highest BCUT2D eigenvalue weighted by Crippen LogP contribution is 2.37. The van der Waals surface area contributed by atoms with Crippen molar-refractivity contribution in [1.29, 1.82) is 0 Å². The van der Waals surface area contributed by atoms with Crippen LogP contribution in [0.15, 0.2) is 18.2 Å². The van der Waals surface area contributed by atoms with Gasteiger partial charge in [0.15, 0.2) is 0 Å². The average molecular weight is 342 g/mol. The number of nitrogens with one attached hydrogen (secondary N) is 1. The lowest BCUT2D eigenvalue weighted by molar-refractivity contribution is -0.128. The first-order chi connectivity index (χ1) is 12.1. The van der Waals surface area contributed by atoms with E-state index in [9.17, 15) is 4.79 Å². The zero-order valence-electron chi connectivity index (χ0n) is 15.5. The molecule has 2 fully saturated rings. The standard InChI is InChI=1S/C21H30N2O2/c1-14-5-6-16-13-15(2)20(18(16)12-14)22-21(24)19-4-3-9-23(19)17-7-10-25-11-8-17/h5-6,12,15,17,19-20H,3-4,7-11,13H2,1-2H3,(H,22,24). The summed E-state index contributed by atoms with van der Waals surface area (Å²) in [6, 6.07) is 7.40. The van der Waals surface area contributed by atoms with Gasteiger partial charge in [0.25, 0.3) is 0 Å². The molecule has 0 radical (unpaired) electrons. The zero-order valence-corrected chi connectivity index (χ0v) is 15.5. The van der Waals surface area contributed by atoms with Crippen LogP contribution in [0.5, 0.6) is 0 Å². The minimum atomic E-state index is 0.0455. The SMILES string of the molecule is Cc1ccc2c(c1)C(NC(=O)C1CCCN1C1CCOCC1)C(C)C2. The van der Waals surface area contributed by atoms with E-state index in [2.05, 4.69) is 42.3 Å². The maximum absolute atomic E-state index is 13.1. The van der Waals surface area contributed by atoms with E-state index in [-0.39, 0.29) is 18.0 Å². The minimum Gasteiger partial charge on any atom is -0.381 e. The van der Waals surface area contributed by atoms with Gasteiger partial charge in [0, 0.05) is 19.3 Å². The van der Waals surface area contributed by atoms with Crippen molar-refractivity contribution in [3.05, 3.63) is 34.9 Å². The van der Waals surface area contributed by atoms with Crippen molar-refractivity contribution in [3.8, 4) is 0 Å². The van der Waals surface area contributed by atoms with Crippen LogP contribution in [0.25, 0.3) is 0 Å². The number of carbonyl (C=O) groups is 1. The number of amides is 1. The van der Waals surface area contributed by atoms with Crippen LogP contribution < -0.4 is 5.32 Å². The second-order valence-corrected chi connectivity index (χ2v) is 8.11. The predicted octanol–water partition coefficient (Wildman–Crippen LogP) is 2.99. The number of fused-ring (bicyclic) bond motifs is 1. The number of aryl methyl sites for hydroxylation is 1. The molecule has 3 unspecified atom stereocenters. The molecule has 1 aromatic rings. The monoisotopic (exact) mass is 342 g/mol. The van der Waals surface area contributed by atoms with E-state index in [1.165, 1.54) is 16.7 Å². The van der Waals surface area contributed by atoms with Crippen LogP contribution in [-0.2, 0) is 16.0 Å². The van der Waals surface area contributed by atoms with Crippen LogP contribution in [-0.4, -0.2) is 42.6 Å². The molecule has 3 aliphatic rings. The maximum Gasteiger partial charge on any atom is 0.237 e. The first kappa shape index (κ1) is 17.0. The molecule has 4 rings (SSSR count). The van der Waals surface area contributed by atoms with Crippen molar-refractivity contribution in [1.82, 2.24) is 10.2 Å². The second-order valence-electron chi connectivity index (χ2n) is 8.11. The molecular weight excluding hydrogens is 312 g/mol. The fraction of sp³-hybridized carbons (Fsp3) is 0.667. The number of likely N-dealkylation sites (tertiary alicyclic amines) is 1. The van der Waals surface area contributed by atoms with E-state index in [4.69, 9.17) is 4.74 Å². The van der Waals surface area contributed by atoms with Crippen molar-refractivity contribution in [3.63, 3.8) is 0 Å². The van der Waals surface area contributed by atoms with Crippen molar-refractivity contribution < 1.29 is 9.53 Å². The molecule has 1 aliphatic carbocycles. The Kier molecular flexibility index (Phi) is 4.83. The number of rotatable bonds is 3. The fourth-order valence-corrected chi connectivity index (χ4v) is 4.95. The van der Waals surface area contributed by atoms with Gasteiger partial charge in [0.05, 0.1) is 12.1 Å². The number of ether oxygens (including phenoxy) is 1. The molecule has 4 heteroatoms. The number of nitrogens with zero attached hydrogens (tertiary/aromatic N) is 1. The molecule has 2 aliphatic heterocycles. The predicted molar refractivity (Wildman–Crippen MR) is 98.5 cm³/mol. The Balaban J connectivity index is 1.47. The van der Waals surface area contributed by atoms with Gasteiger partial charge in [-0.2, -0.15) is 0 Å². The van der Waals surface area contributed by atoms with E-state index in [0.717, 1.165) is 51.9 Å². The summed E-state index contributed by atoms with van der Waals surface area (Å²) in [6.45, 7) is 7.11. The molecule has 4 nitrogen and oxygen atoms in total. The van der Waals surface area contributed by atoms with Gasteiger partial charge in [-0.05, 0) is 62.6 Å². The second kappa shape index (κ2) is 7.08. The third-order valence-corrected chi connectivity index (χ3v) is 6.30. The highest BCUT2D eigenvalue weighted by Gasteiger charge is 2.38. The Bertz CT molecular complexity index is 639. The lowest BCUT2D eigenvalue weighted by Crippen LogP contribution is -2.50. The summed E-state index contributed by atoms with van der Waals surface area (Å²) >= 11 is 0. The molecule has 0 spiro atoms. The molecule has 1 N–H and O–H groups in total. The molecule has 2 heterocycles. The van der Waals surface area contributed by atoms with Gasteiger partial charge in [-0.15, -0.1) is 0 Å². The van der Waals surface area contributed by atoms with Crippen LogP contribution in [0.3, 0.4) is 0 Å². The van der Waals surface area contributed by atoms with Crippen LogP contribution in [0.2, 0.25) is 0 Å². The molecular formula is C21H30N2O2. The van der Waals surface area contributed by atoms with E-state index in [1.807, 2.05) is 0 Å². The minimum absolute atomic E-state index is 0.0455. The summed E-state index contributed by atoms with van der Waals surface area (Å²) in [5.74, 6) is 0.703. The quantitative estimate of drug-likeness (QED) is 0.918. The lowest BCUT2D eigenvalue weighted by atomic mass is 10.0. The van der Waals surface area contributed by atoms with Gasteiger partial charge < -0.3 is 10.1 Å². The highest BCUT2D eigenvalue weighted by atomic mass is 16.5. The van der Waals surface area contributed by atoms with Crippen molar-refractivity contribution in [2.75, 3.05) is 19.8 Å². The third-order valence-electron chi connectivity index (χ3n) is 6.30. The summed E-state index contributed by atoms with van der Waals surface area (Å²) in [7, 11) is 0. The number of hydrogen-bond donors (Lipinski definition) is 1. The molecule has 3 atom stereocenters. The third kappa shape index (κ3) is 3.34. The van der Waals surface area contributed by atoms with Crippen molar-refractivity contribution >= 4 is 5.91 Å². The smallest absolute Gasteiger partial charge is 0.237 e. The normalized spacial score (nSPS) is 30.4. The lowest BCUT2D eigenvalue weighted by Gasteiger charge is -2.35. The Morgan fingerprint density at radius 2 is 2.04 bits per heavy atom. The summed E-state index contributed by atoms with van der Waals surface area (Å²) in [6.07, 6.45) is 5.31. The van der Waals surface area contributed by atoms with E-state index in [1.54, 1.807) is 0 Å². The molecule has 0 aromatic heterocycles. The molecule has 25 heavy (non-hydrogen) atoms. The molecule has 1 amide bonds. The summed E-state index contributed by atoms with van der Waals surface area (Å²) in [4.78, 5) is 15.6. The molecule has 2 saturated heterocycles. The fourth-order valence-electron chi connectivity index (χ4n) is 4.95. The van der Waals surface area contributed by atoms with E-state index >= 15 is 0 Å². The number of benzene rings is 1. The summed E-state index contributed by atoms with van der Waals surface area (Å²) in [5, 5.41) is 3.41. The van der Waals surface area contributed by atoms with Crippen LogP contribution in [0, 0.1) is 12.8 Å². The van der Waals surface area contributed by atoms with Gasteiger partial charge in [-0.3, -0.25) is 9.69 Å². The maximum atomic E-state index is 13.1. The van der Waals surface area contributed by atoms with Crippen molar-refractivity contribution in [2.45, 2.75) is 64.1 Å². The molecule has 0 bridgehead atoms. The van der Waals surface area contributed by atoms with Gasteiger partial charge in [-0.1, -0.05) is 30.7 Å².